The molecule has 0 saturated carbocycles. The Morgan fingerprint density at radius 1 is 1.05 bits per heavy atom. The predicted molar refractivity (Wildman–Crippen MR) is 79.4 cm³/mol. The van der Waals surface area contributed by atoms with Gasteiger partial charge in [-0.05, 0) is 48.2 Å². The number of nitrogens with two attached hydrogens (primary N) is 1. The zero-order chi connectivity index (χ0) is 13.7. The number of aryl methyl sites for hydroxylation is 1. The molecule has 0 spiro atoms. The van der Waals surface area contributed by atoms with Crippen molar-refractivity contribution in [3.63, 3.8) is 0 Å². The summed E-state index contributed by atoms with van der Waals surface area (Å²) in [7, 11) is 0. The van der Waals surface area contributed by atoms with Crippen LogP contribution >= 0.6 is 0 Å². The molecule has 0 saturated heterocycles. The second-order valence-electron chi connectivity index (χ2n) is 4.82. The largest absolute Gasteiger partial charge is 0.508 e. The highest BCUT2D eigenvalue weighted by atomic mass is 16.3. The molecule has 0 aliphatic rings. The van der Waals surface area contributed by atoms with E-state index in [9.17, 15) is 5.11 Å². The van der Waals surface area contributed by atoms with E-state index in [2.05, 4.69) is 37.3 Å². The monoisotopic (exact) mass is 255 g/mol. The smallest absolute Gasteiger partial charge is 0.115 e. The van der Waals surface area contributed by atoms with Gasteiger partial charge in [0.25, 0.3) is 0 Å². The van der Waals surface area contributed by atoms with Crippen molar-refractivity contribution >= 4 is 0 Å². The number of phenolic OH excluding ortho intramolecular Hbond substituents is 1. The summed E-state index contributed by atoms with van der Waals surface area (Å²) in [5.74, 6) is 0.565. The number of hydrogen-bond acceptors (Lipinski definition) is 2. The summed E-state index contributed by atoms with van der Waals surface area (Å²) in [6.07, 6.45) is 1.92. The van der Waals surface area contributed by atoms with Gasteiger partial charge in [0.05, 0.1) is 0 Å². The maximum absolute atomic E-state index is 9.65. The fourth-order valence-electron chi connectivity index (χ4n) is 2.46. The highest BCUT2D eigenvalue weighted by molar-refractivity contribution is 5.38. The molecule has 0 aliphatic carbocycles. The van der Waals surface area contributed by atoms with Gasteiger partial charge in [-0.15, -0.1) is 0 Å². The molecule has 2 nitrogen and oxygen atoms in total. The molecule has 0 amide bonds. The Morgan fingerprint density at radius 2 is 1.74 bits per heavy atom. The van der Waals surface area contributed by atoms with Crippen molar-refractivity contribution in [3.8, 4) is 5.75 Å². The third kappa shape index (κ3) is 3.36. The van der Waals surface area contributed by atoms with Gasteiger partial charge in [0.2, 0.25) is 0 Å². The molecule has 2 aromatic rings. The number of benzene rings is 2. The van der Waals surface area contributed by atoms with Crippen LogP contribution < -0.4 is 5.73 Å². The molecule has 0 bridgehead atoms. The molecule has 1 unspecified atom stereocenters. The molecule has 2 heteroatoms. The van der Waals surface area contributed by atoms with Gasteiger partial charge in [-0.25, -0.2) is 0 Å². The summed E-state index contributed by atoms with van der Waals surface area (Å²) in [5.41, 5.74) is 9.48. The van der Waals surface area contributed by atoms with E-state index in [1.807, 2.05) is 12.1 Å². The van der Waals surface area contributed by atoms with Gasteiger partial charge in [-0.2, -0.15) is 0 Å². The number of hydrogen-bond donors (Lipinski definition) is 2. The van der Waals surface area contributed by atoms with Crippen molar-refractivity contribution in [2.24, 2.45) is 5.73 Å². The number of rotatable bonds is 5. The average Bonchev–Trinajstić information content (AvgIpc) is 2.45. The zero-order valence-electron chi connectivity index (χ0n) is 11.3. The van der Waals surface area contributed by atoms with E-state index in [4.69, 9.17) is 5.73 Å². The highest BCUT2D eigenvalue weighted by Crippen LogP contribution is 2.30. The van der Waals surface area contributed by atoms with Crippen molar-refractivity contribution in [2.45, 2.75) is 25.7 Å². The predicted octanol–water partition coefficient (Wildman–Crippen LogP) is 3.44. The van der Waals surface area contributed by atoms with Crippen LogP contribution in [0.1, 0.15) is 36.0 Å². The molecule has 1 atom stereocenters. The van der Waals surface area contributed by atoms with Crippen molar-refractivity contribution in [1.82, 2.24) is 0 Å². The lowest BCUT2D eigenvalue weighted by molar-refractivity contribution is 0.474. The van der Waals surface area contributed by atoms with E-state index in [1.165, 1.54) is 11.1 Å². The molecule has 19 heavy (non-hydrogen) atoms. The lowest BCUT2D eigenvalue weighted by Gasteiger charge is -2.18. The van der Waals surface area contributed by atoms with Crippen molar-refractivity contribution in [2.75, 3.05) is 6.54 Å². The molecular formula is C17H21NO. The maximum Gasteiger partial charge on any atom is 0.115 e. The Balaban J connectivity index is 2.38. The van der Waals surface area contributed by atoms with Gasteiger partial charge < -0.3 is 10.8 Å². The van der Waals surface area contributed by atoms with Gasteiger partial charge >= 0.3 is 0 Å². The SMILES string of the molecule is CCc1cccc(C(CCN)c2cccc(O)c2)c1. The second-order valence-corrected chi connectivity index (χ2v) is 4.82. The maximum atomic E-state index is 9.65. The molecule has 0 radical (unpaired) electrons. The summed E-state index contributed by atoms with van der Waals surface area (Å²) in [6.45, 7) is 2.79. The third-order valence-electron chi connectivity index (χ3n) is 3.49. The van der Waals surface area contributed by atoms with Gasteiger partial charge in [0.15, 0.2) is 0 Å². The van der Waals surface area contributed by atoms with Crippen LogP contribution in [0.25, 0.3) is 0 Å². The first-order valence-corrected chi connectivity index (χ1v) is 6.82. The first-order chi connectivity index (χ1) is 9.24. The summed E-state index contributed by atoms with van der Waals surface area (Å²) in [5, 5.41) is 9.65. The van der Waals surface area contributed by atoms with Crippen molar-refractivity contribution in [1.29, 1.82) is 0 Å². The second kappa shape index (κ2) is 6.39. The summed E-state index contributed by atoms with van der Waals surface area (Å²) in [6, 6.07) is 16.1. The first kappa shape index (κ1) is 13.6. The van der Waals surface area contributed by atoms with Gasteiger partial charge in [0.1, 0.15) is 5.75 Å². The topological polar surface area (TPSA) is 46.2 Å². The number of aromatic hydroxyl groups is 1. The summed E-state index contributed by atoms with van der Waals surface area (Å²) >= 11 is 0. The minimum absolute atomic E-state index is 0.253. The molecule has 2 rings (SSSR count). The molecule has 0 heterocycles. The quantitative estimate of drug-likeness (QED) is 0.859. The lowest BCUT2D eigenvalue weighted by Crippen LogP contribution is -2.09. The van der Waals surface area contributed by atoms with Crippen LogP contribution in [0.5, 0.6) is 5.75 Å². The first-order valence-electron chi connectivity index (χ1n) is 6.82. The fraction of sp³-hybridized carbons (Fsp3) is 0.294. The van der Waals surface area contributed by atoms with Crippen LogP contribution in [-0.2, 0) is 6.42 Å². The molecule has 2 aromatic carbocycles. The van der Waals surface area contributed by atoms with Crippen LogP contribution in [-0.4, -0.2) is 11.7 Å². The van der Waals surface area contributed by atoms with Crippen LogP contribution in [0, 0.1) is 0 Å². The molecule has 100 valence electrons. The molecular weight excluding hydrogens is 234 g/mol. The minimum Gasteiger partial charge on any atom is -0.508 e. The molecule has 0 fully saturated rings. The van der Waals surface area contributed by atoms with E-state index >= 15 is 0 Å². The Labute approximate surface area is 114 Å². The summed E-state index contributed by atoms with van der Waals surface area (Å²) in [4.78, 5) is 0. The third-order valence-corrected chi connectivity index (χ3v) is 3.49. The van der Waals surface area contributed by atoms with Crippen LogP contribution in [0.15, 0.2) is 48.5 Å². The summed E-state index contributed by atoms with van der Waals surface area (Å²) < 4.78 is 0. The van der Waals surface area contributed by atoms with Gasteiger partial charge in [-0.1, -0.05) is 43.3 Å². The van der Waals surface area contributed by atoms with Crippen LogP contribution in [0.4, 0.5) is 0 Å². The molecule has 3 N–H and O–H groups in total. The van der Waals surface area contributed by atoms with E-state index in [-0.39, 0.29) is 5.92 Å². The molecule has 0 aromatic heterocycles. The standard InChI is InChI=1S/C17H21NO/c1-2-13-5-3-6-14(11-13)17(9-10-18)15-7-4-8-16(19)12-15/h3-8,11-12,17,19H,2,9-10,18H2,1H3. The number of phenols is 1. The Bertz CT molecular complexity index is 536. The van der Waals surface area contributed by atoms with Crippen LogP contribution in [0.3, 0.4) is 0 Å². The normalized spacial score (nSPS) is 12.3. The van der Waals surface area contributed by atoms with E-state index in [1.54, 1.807) is 6.07 Å². The van der Waals surface area contributed by atoms with Crippen LogP contribution in [0.2, 0.25) is 0 Å². The van der Waals surface area contributed by atoms with Crippen molar-refractivity contribution < 1.29 is 5.11 Å². The van der Waals surface area contributed by atoms with Crippen molar-refractivity contribution in [3.05, 3.63) is 65.2 Å². The fourth-order valence-corrected chi connectivity index (χ4v) is 2.46. The molecule has 0 aliphatic heterocycles. The Hall–Kier alpha value is -1.80. The highest BCUT2D eigenvalue weighted by Gasteiger charge is 2.14. The van der Waals surface area contributed by atoms with Gasteiger partial charge in [-0.3, -0.25) is 0 Å². The zero-order valence-corrected chi connectivity index (χ0v) is 11.3. The van der Waals surface area contributed by atoms with Gasteiger partial charge in [0, 0.05) is 5.92 Å². The Morgan fingerprint density at radius 3 is 2.37 bits per heavy atom. The minimum atomic E-state index is 0.253. The van der Waals surface area contributed by atoms with E-state index < -0.39 is 0 Å². The Kier molecular flexibility index (Phi) is 4.58. The lowest BCUT2D eigenvalue weighted by atomic mass is 9.87. The van der Waals surface area contributed by atoms with E-state index in [0.29, 0.717) is 12.3 Å². The average molecular weight is 255 g/mol. The van der Waals surface area contributed by atoms with E-state index in [0.717, 1.165) is 18.4 Å².